The Balaban J connectivity index is 0.00000225. The molecule has 0 saturated carbocycles. The normalized spacial score (nSPS) is 13.1. The molecule has 0 aliphatic carbocycles. The van der Waals surface area contributed by atoms with E-state index in [9.17, 15) is 9.59 Å². The van der Waals surface area contributed by atoms with Gasteiger partial charge in [0, 0.05) is 36.4 Å². The van der Waals surface area contributed by atoms with Crippen LogP contribution in [0.25, 0.3) is 0 Å². The molecule has 1 aliphatic heterocycles. The van der Waals surface area contributed by atoms with Crippen molar-refractivity contribution >= 4 is 48.0 Å². The van der Waals surface area contributed by atoms with Crippen molar-refractivity contribution in [2.45, 2.75) is 25.7 Å². The summed E-state index contributed by atoms with van der Waals surface area (Å²) in [4.78, 5) is 26.7. The van der Waals surface area contributed by atoms with Gasteiger partial charge >= 0.3 is 0 Å². The molecule has 4 N–H and O–H groups in total. The first kappa shape index (κ1) is 25.8. The van der Waals surface area contributed by atoms with Crippen LogP contribution in [0.2, 0.25) is 0 Å². The zero-order valence-corrected chi connectivity index (χ0v) is 18.6. The molecule has 6 nitrogen and oxygen atoms in total. The van der Waals surface area contributed by atoms with Crippen molar-refractivity contribution in [3.8, 4) is 0 Å². The van der Waals surface area contributed by atoms with Gasteiger partial charge in [-0.05, 0) is 68.2 Å². The lowest BCUT2D eigenvalue weighted by atomic mass is 10.1. The van der Waals surface area contributed by atoms with Crippen LogP contribution in [0, 0.1) is 0 Å². The minimum Gasteiger partial charge on any atom is -0.399 e. The van der Waals surface area contributed by atoms with E-state index >= 15 is 0 Å². The highest BCUT2D eigenvalue weighted by Gasteiger charge is 2.12. The number of nitrogen functional groups attached to an aromatic ring is 1. The van der Waals surface area contributed by atoms with E-state index in [0.29, 0.717) is 36.3 Å². The number of carbonyl (C=O) groups excluding carboxylic acids is 2. The minimum absolute atomic E-state index is 0. The first-order valence-electron chi connectivity index (χ1n) is 9.85. The molecule has 1 fully saturated rings. The average molecular weight is 453 g/mol. The number of nitrogens with one attached hydrogen (secondary N) is 2. The Hall–Kier alpha value is -2.28. The zero-order chi connectivity index (χ0) is 19.8. The molecule has 1 aliphatic rings. The summed E-state index contributed by atoms with van der Waals surface area (Å²) in [7, 11) is 0. The van der Waals surface area contributed by atoms with Crippen LogP contribution in [0.1, 0.15) is 35.2 Å². The van der Waals surface area contributed by atoms with Gasteiger partial charge in [0.15, 0.2) is 0 Å². The number of aryl methyl sites for hydroxylation is 1. The third-order valence-corrected chi connectivity index (χ3v) is 5.02. The van der Waals surface area contributed by atoms with Gasteiger partial charge in [0.25, 0.3) is 5.91 Å². The molecule has 164 valence electrons. The number of hydrogen-bond donors (Lipinski definition) is 3. The molecule has 0 aromatic heterocycles. The number of rotatable bonds is 8. The molecule has 30 heavy (non-hydrogen) atoms. The van der Waals surface area contributed by atoms with Crippen LogP contribution < -0.4 is 16.4 Å². The van der Waals surface area contributed by atoms with Gasteiger partial charge in [0.2, 0.25) is 5.91 Å². The van der Waals surface area contributed by atoms with Crippen molar-refractivity contribution in [2.24, 2.45) is 0 Å². The number of nitrogens with zero attached hydrogens (tertiary/aromatic N) is 1. The fraction of sp³-hybridized carbons (Fsp3) is 0.364. The highest BCUT2D eigenvalue weighted by molar-refractivity contribution is 5.95. The predicted molar refractivity (Wildman–Crippen MR) is 127 cm³/mol. The molecule has 2 aromatic rings. The van der Waals surface area contributed by atoms with Gasteiger partial charge in [-0.3, -0.25) is 9.59 Å². The van der Waals surface area contributed by atoms with Gasteiger partial charge in [-0.1, -0.05) is 18.2 Å². The van der Waals surface area contributed by atoms with E-state index in [0.717, 1.165) is 25.2 Å². The smallest absolute Gasteiger partial charge is 0.251 e. The topological polar surface area (TPSA) is 87.5 Å². The second kappa shape index (κ2) is 13.1. The molecule has 8 heteroatoms. The van der Waals surface area contributed by atoms with Gasteiger partial charge in [0.05, 0.1) is 0 Å². The lowest BCUT2D eigenvalue weighted by Gasteiger charge is -2.14. The number of halogens is 2. The van der Waals surface area contributed by atoms with Gasteiger partial charge in [-0.2, -0.15) is 0 Å². The number of anilines is 2. The first-order chi connectivity index (χ1) is 13.6. The third-order valence-electron chi connectivity index (χ3n) is 5.02. The van der Waals surface area contributed by atoms with Crippen molar-refractivity contribution < 1.29 is 9.59 Å². The van der Waals surface area contributed by atoms with Crippen LogP contribution in [0.3, 0.4) is 0 Å². The summed E-state index contributed by atoms with van der Waals surface area (Å²) in [5, 5.41) is 5.81. The molecule has 1 heterocycles. The Bertz CT molecular complexity index is 809. The lowest BCUT2D eigenvalue weighted by molar-refractivity contribution is -0.116. The number of carbonyl (C=O) groups is 2. The van der Waals surface area contributed by atoms with Crippen LogP contribution >= 0.6 is 24.8 Å². The standard InChI is InChI=1S/C22H28N4O2.2ClH/c23-20-6-2-1-5-17(20)9-12-21(27)25-19-10-7-18(8-11-19)22(28)24-13-16-26-14-3-4-15-26;;/h1-2,5-8,10-11H,3-4,9,12-16,23H2,(H,24,28)(H,25,27);2*1H. The van der Waals surface area contributed by atoms with Crippen LogP contribution in [-0.2, 0) is 11.2 Å². The average Bonchev–Trinajstić information content (AvgIpc) is 3.21. The predicted octanol–water partition coefficient (Wildman–Crippen LogP) is 3.51. The fourth-order valence-electron chi connectivity index (χ4n) is 3.37. The Labute approximate surface area is 190 Å². The Kier molecular flexibility index (Phi) is 11.3. The molecule has 0 radical (unpaired) electrons. The Morgan fingerprint density at radius 3 is 2.30 bits per heavy atom. The quantitative estimate of drug-likeness (QED) is 0.534. The summed E-state index contributed by atoms with van der Waals surface area (Å²) in [5.41, 5.74) is 8.85. The molecule has 0 unspecified atom stereocenters. The van der Waals surface area contributed by atoms with E-state index in [1.54, 1.807) is 24.3 Å². The van der Waals surface area contributed by atoms with Crippen molar-refractivity contribution in [1.29, 1.82) is 0 Å². The molecule has 2 amide bonds. The van der Waals surface area contributed by atoms with E-state index in [1.165, 1.54) is 12.8 Å². The maximum Gasteiger partial charge on any atom is 0.251 e. The molecule has 2 aromatic carbocycles. The lowest BCUT2D eigenvalue weighted by Crippen LogP contribution is -2.33. The first-order valence-corrected chi connectivity index (χ1v) is 9.85. The fourth-order valence-corrected chi connectivity index (χ4v) is 3.37. The van der Waals surface area contributed by atoms with Gasteiger partial charge in [-0.15, -0.1) is 24.8 Å². The highest BCUT2D eigenvalue weighted by Crippen LogP contribution is 2.14. The van der Waals surface area contributed by atoms with Crippen LogP contribution in [0.4, 0.5) is 11.4 Å². The summed E-state index contributed by atoms with van der Waals surface area (Å²) in [6.07, 6.45) is 3.45. The number of amides is 2. The molecule has 3 rings (SSSR count). The van der Waals surface area contributed by atoms with Crippen molar-refractivity contribution in [3.05, 3.63) is 59.7 Å². The second-order valence-electron chi connectivity index (χ2n) is 7.13. The zero-order valence-electron chi connectivity index (χ0n) is 16.9. The molecular formula is C22H30Cl2N4O2. The summed E-state index contributed by atoms with van der Waals surface area (Å²) < 4.78 is 0. The number of hydrogen-bond acceptors (Lipinski definition) is 4. The van der Waals surface area contributed by atoms with Gasteiger partial charge in [-0.25, -0.2) is 0 Å². The molecule has 0 spiro atoms. The molecule has 1 saturated heterocycles. The summed E-state index contributed by atoms with van der Waals surface area (Å²) >= 11 is 0. The van der Waals surface area contributed by atoms with Crippen molar-refractivity contribution in [3.63, 3.8) is 0 Å². The van der Waals surface area contributed by atoms with Crippen LogP contribution in [0.5, 0.6) is 0 Å². The second-order valence-corrected chi connectivity index (χ2v) is 7.13. The van der Waals surface area contributed by atoms with E-state index in [-0.39, 0.29) is 36.6 Å². The summed E-state index contributed by atoms with van der Waals surface area (Å²) in [6.45, 7) is 3.80. The van der Waals surface area contributed by atoms with E-state index in [2.05, 4.69) is 15.5 Å². The molecule has 0 atom stereocenters. The van der Waals surface area contributed by atoms with Crippen LogP contribution in [-0.4, -0.2) is 42.9 Å². The van der Waals surface area contributed by atoms with Gasteiger partial charge in [0.1, 0.15) is 0 Å². The number of likely N-dealkylation sites (tertiary alicyclic amines) is 1. The molecular weight excluding hydrogens is 423 g/mol. The molecule has 0 bridgehead atoms. The Morgan fingerprint density at radius 1 is 0.967 bits per heavy atom. The van der Waals surface area contributed by atoms with Crippen molar-refractivity contribution in [1.82, 2.24) is 10.2 Å². The van der Waals surface area contributed by atoms with Crippen molar-refractivity contribution in [2.75, 3.05) is 37.2 Å². The maximum atomic E-state index is 12.2. The van der Waals surface area contributed by atoms with E-state index in [1.807, 2.05) is 24.3 Å². The number of nitrogens with two attached hydrogens (primary N) is 1. The van der Waals surface area contributed by atoms with Crippen LogP contribution in [0.15, 0.2) is 48.5 Å². The number of para-hydroxylation sites is 1. The van der Waals surface area contributed by atoms with E-state index < -0.39 is 0 Å². The monoisotopic (exact) mass is 452 g/mol. The largest absolute Gasteiger partial charge is 0.399 e. The summed E-state index contributed by atoms with van der Waals surface area (Å²) in [6, 6.07) is 14.5. The summed E-state index contributed by atoms with van der Waals surface area (Å²) in [5.74, 6) is -0.164. The highest BCUT2D eigenvalue weighted by atomic mass is 35.5. The minimum atomic E-state index is -0.0865. The SMILES string of the molecule is Cl.Cl.Nc1ccccc1CCC(=O)Nc1ccc(C(=O)NCCN2CCCC2)cc1. The van der Waals surface area contributed by atoms with Gasteiger partial charge < -0.3 is 21.3 Å². The maximum absolute atomic E-state index is 12.2. The third kappa shape index (κ3) is 7.86. The van der Waals surface area contributed by atoms with E-state index in [4.69, 9.17) is 5.73 Å². The number of benzene rings is 2. The Morgan fingerprint density at radius 2 is 1.63 bits per heavy atom.